The first kappa shape index (κ1) is 40.3. The van der Waals surface area contributed by atoms with E-state index in [1.807, 2.05) is 50.3 Å². The fourth-order valence-corrected chi connectivity index (χ4v) is 4.39. The van der Waals surface area contributed by atoms with Crippen molar-refractivity contribution in [2.75, 3.05) is 20.1 Å². The number of benzene rings is 3. The van der Waals surface area contributed by atoms with E-state index >= 15 is 0 Å². The van der Waals surface area contributed by atoms with Crippen molar-refractivity contribution < 1.29 is 39.1 Å². The molecule has 0 amide bonds. The van der Waals surface area contributed by atoms with Crippen LogP contribution >= 0.6 is 0 Å². The molecule has 1 aliphatic carbocycles. The molecule has 3 aromatic carbocycles. The molecule has 0 N–H and O–H groups in total. The van der Waals surface area contributed by atoms with Crippen LogP contribution in [0.1, 0.15) is 61.9 Å². The fraction of sp³-hybridized carbons (Fsp3) is 0.342. The first-order valence-electron chi connectivity index (χ1n) is 15.0. The van der Waals surface area contributed by atoms with Crippen molar-refractivity contribution in [3.8, 4) is 0 Å². The third-order valence-corrected chi connectivity index (χ3v) is 6.49. The normalized spacial score (nSPS) is 11.5. The third-order valence-electron chi connectivity index (χ3n) is 6.49. The topological polar surface area (TPSA) is 32.8 Å². The van der Waals surface area contributed by atoms with Gasteiger partial charge in [-0.25, -0.2) is 10.0 Å². The second-order valence-electron chi connectivity index (χ2n) is 9.76. The number of ether oxygens (including phenoxy) is 1. The van der Waals surface area contributed by atoms with Crippen molar-refractivity contribution >= 4 is 6.29 Å². The van der Waals surface area contributed by atoms with Gasteiger partial charge < -0.3 is 4.74 Å². The molecule has 4 rings (SSSR count). The predicted octanol–water partition coefficient (Wildman–Crippen LogP) is 5.57. The molecule has 0 atom stereocenters. The molecule has 4 nitrogen and oxygen atoms in total. The van der Waals surface area contributed by atoms with E-state index in [4.69, 9.17) is 4.74 Å². The number of fused-ring (bicyclic) bond motifs is 1. The van der Waals surface area contributed by atoms with Gasteiger partial charge in [0, 0.05) is 39.5 Å². The molecule has 0 aliphatic heterocycles. The molecule has 0 radical (unpaired) electrons. The molecule has 0 heterocycles. The average Bonchev–Trinajstić information content (AvgIpc) is 3.43. The van der Waals surface area contributed by atoms with Gasteiger partial charge in [-0.15, -0.1) is 42.5 Å². The van der Waals surface area contributed by atoms with Crippen molar-refractivity contribution in [1.29, 1.82) is 0 Å². The van der Waals surface area contributed by atoms with Gasteiger partial charge in [0.15, 0.2) is 12.0 Å². The summed E-state index contributed by atoms with van der Waals surface area (Å²) in [6.45, 7) is 20.7. The van der Waals surface area contributed by atoms with Crippen molar-refractivity contribution in [2.24, 2.45) is 0 Å². The zero-order chi connectivity index (χ0) is 31.2. The van der Waals surface area contributed by atoms with E-state index in [2.05, 4.69) is 106 Å². The van der Waals surface area contributed by atoms with Crippen LogP contribution in [0.4, 0.5) is 0 Å². The Bertz CT molecular complexity index is 1170. The molecule has 0 bridgehead atoms. The van der Waals surface area contributed by atoms with Gasteiger partial charge in [-0.1, -0.05) is 112 Å². The maximum absolute atomic E-state index is 10.3. The Morgan fingerprint density at radius 3 is 1.95 bits per heavy atom. The molecule has 0 spiro atoms. The standard InChI is InChI=1S/C17H25N2.C12H12O2.C7H8.C2H6.Na/c1-5-8-9-16-10-12-17(13-11-16)15-19(7-3)18(4)14-6-2;1-9(8-13)14-12-6-10-4-2-3-5-11(10)7-12;1-7-5-3-2-4-6-7;1-2;/h5,8,10-13H,1,6-7,14-15H2,2-4H3;2-5,8,12H,1,6-7H2;2-6H,1H3;1-2H3;/q-1;;;;+1. The van der Waals surface area contributed by atoms with E-state index in [0.717, 1.165) is 38.0 Å². The Labute approximate surface area is 284 Å². The number of hydrazine groups is 1. The molecule has 3 aromatic rings. The fourth-order valence-electron chi connectivity index (χ4n) is 4.39. The van der Waals surface area contributed by atoms with Crippen LogP contribution in [0.2, 0.25) is 0 Å². The third kappa shape index (κ3) is 16.6. The summed E-state index contributed by atoms with van der Waals surface area (Å²) < 4.78 is 5.38. The van der Waals surface area contributed by atoms with Gasteiger partial charge >= 0.3 is 29.6 Å². The van der Waals surface area contributed by atoms with Crippen LogP contribution in [-0.2, 0) is 28.9 Å². The van der Waals surface area contributed by atoms with Crippen LogP contribution in [0.25, 0.3) is 0 Å². The Kier molecular flexibility index (Phi) is 23.1. The maximum atomic E-state index is 10.3. The molecular weight excluding hydrogens is 539 g/mol. The minimum absolute atomic E-state index is 0. The largest absolute Gasteiger partial charge is 1.00 e. The number of carbonyl (C=O) groups is 1. The summed E-state index contributed by atoms with van der Waals surface area (Å²) in [5, 5.41) is 4.67. The van der Waals surface area contributed by atoms with Crippen LogP contribution in [-0.4, -0.2) is 42.5 Å². The van der Waals surface area contributed by atoms with E-state index in [1.54, 1.807) is 6.08 Å². The Morgan fingerprint density at radius 1 is 0.953 bits per heavy atom. The van der Waals surface area contributed by atoms with E-state index in [-0.39, 0.29) is 41.4 Å². The number of hydrogen-bond donors (Lipinski definition) is 0. The van der Waals surface area contributed by atoms with Crippen LogP contribution in [0.15, 0.2) is 110 Å². The van der Waals surface area contributed by atoms with E-state index < -0.39 is 0 Å². The molecule has 0 fully saturated rings. The number of carbonyl (C=O) groups excluding carboxylic acids is 1. The van der Waals surface area contributed by atoms with Crippen molar-refractivity contribution in [3.63, 3.8) is 0 Å². The number of nitrogens with zero attached hydrogens (tertiary/aromatic N) is 2. The molecular formula is C38H51N2NaO2. The van der Waals surface area contributed by atoms with Gasteiger partial charge in [-0.2, -0.15) is 0 Å². The first-order chi connectivity index (χ1) is 20.4. The van der Waals surface area contributed by atoms with Gasteiger partial charge in [0.25, 0.3) is 0 Å². The molecule has 43 heavy (non-hydrogen) atoms. The zero-order valence-corrected chi connectivity index (χ0v) is 29.7. The summed E-state index contributed by atoms with van der Waals surface area (Å²) in [6.07, 6.45) is 10.4. The minimum atomic E-state index is 0. The summed E-state index contributed by atoms with van der Waals surface area (Å²) in [5.41, 5.74) is 6.37. The Hall–Kier alpha value is -2.73. The van der Waals surface area contributed by atoms with Gasteiger partial charge in [-0.3, -0.25) is 4.79 Å². The van der Waals surface area contributed by atoms with Crippen molar-refractivity contribution in [1.82, 2.24) is 10.0 Å². The average molecular weight is 591 g/mol. The molecule has 0 aromatic heterocycles. The van der Waals surface area contributed by atoms with Gasteiger partial charge in [0.2, 0.25) is 0 Å². The summed E-state index contributed by atoms with van der Waals surface area (Å²) in [5.74, 6) is 0.225. The van der Waals surface area contributed by atoms with Crippen LogP contribution in [0, 0.1) is 13.0 Å². The molecule has 0 saturated carbocycles. The van der Waals surface area contributed by atoms with Crippen LogP contribution in [0.5, 0.6) is 0 Å². The maximum Gasteiger partial charge on any atom is 1.00 e. The summed E-state index contributed by atoms with van der Waals surface area (Å²) in [6, 6.07) is 27.0. The van der Waals surface area contributed by atoms with Gasteiger partial charge in [0.05, 0.1) is 0 Å². The number of allylic oxidation sites excluding steroid dienone is 3. The van der Waals surface area contributed by atoms with E-state index in [9.17, 15) is 4.79 Å². The van der Waals surface area contributed by atoms with Crippen molar-refractivity contribution in [3.05, 3.63) is 144 Å². The van der Waals surface area contributed by atoms with Crippen molar-refractivity contribution in [2.45, 2.75) is 66.5 Å². The van der Waals surface area contributed by atoms with Crippen LogP contribution in [0.3, 0.4) is 0 Å². The second kappa shape index (κ2) is 24.7. The number of rotatable bonds is 11. The zero-order valence-electron chi connectivity index (χ0n) is 27.7. The number of hydrogen-bond acceptors (Lipinski definition) is 4. The molecule has 0 unspecified atom stereocenters. The first-order valence-corrected chi connectivity index (χ1v) is 15.0. The number of aryl methyl sites for hydroxylation is 1. The molecule has 5 heteroatoms. The molecule has 0 saturated heterocycles. The van der Waals surface area contributed by atoms with Gasteiger partial charge in [-0.05, 0) is 24.5 Å². The monoisotopic (exact) mass is 590 g/mol. The van der Waals surface area contributed by atoms with E-state index in [1.165, 1.54) is 28.7 Å². The molecule has 1 aliphatic rings. The summed E-state index contributed by atoms with van der Waals surface area (Å²) in [4.78, 5) is 10.3. The Morgan fingerprint density at radius 2 is 1.51 bits per heavy atom. The number of aldehydes is 1. The molecule has 226 valence electrons. The predicted molar refractivity (Wildman–Crippen MR) is 179 cm³/mol. The van der Waals surface area contributed by atoms with Gasteiger partial charge in [0.1, 0.15) is 6.10 Å². The quantitative estimate of drug-likeness (QED) is 0.0557. The smallest absolute Gasteiger partial charge is 0.487 e. The SMILES string of the molecule is C=C(C=O)OC1Cc2ccccc2C1.C=CC=[C-]c1ccc(CN(CC)N(C)CCC)cc1.CC.Cc1ccccc1.[Na+]. The van der Waals surface area contributed by atoms with Crippen LogP contribution < -0.4 is 29.6 Å². The summed E-state index contributed by atoms with van der Waals surface area (Å²) >= 11 is 0. The second-order valence-corrected chi connectivity index (χ2v) is 9.76. The van der Waals surface area contributed by atoms with E-state index in [0.29, 0.717) is 6.29 Å². The minimum Gasteiger partial charge on any atom is -0.487 e. The Balaban J connectivity index is 0.000000642. The summed E-state index contributed by atoms with van der Waals surface area (Å²) in [7, 11) is 2.15.